The first kappa shape index (κ1) is 38.1. The van der Waals surface area contributed by atoms with Crippen LogP contribution in [-0.2, 0) is 0 Å². The molecule has 0 atom stereocenters. The summed E-state index contributed by atoms with van der Waals surface area (Å²) in [6.45, 7) is 1.28. The molecule has 208 valence electrons. The summed E-state index contributed by atoms with van der Waals surface area (Å²) in [6.07, 6.45) is 13.8. The molecule has 3 N–H and O–H groups in total. The van der Waals surface area contributed by atoms with Crippen LogP contribution in [0.25, 0.3) is 0 Å². The monoisotopic (exact) mass is 1170 g/mol. The van der Waals surface area contributed by atoms with Crippen LogP contribution in [0.15, 0.2) is 0 Å². The summed E-state index contributed by atoms with van der Waals surface area (Å²) < 4.78 is 6.82. The molecule has 0 saturated heterocycles. The molecule has 0 spiro atoms. The molecule has 11 heteroatoms. The van der Waals surface area contributed by atoms with Crippen LogP contribution in [0.4, 0.5) is 9.59 Å². The summed E-state index contributed by atoms with van der Waals surface area (Å²) in [7, 11) is 0. The van der Waals surface area contributed by atoms with Crippen molar-refractivity contribution in [2.24, 2.45) is 10.8 Å². The van der Waals surface area contributed by atoms with Crippen molar-refractivity contribution in [2.45, 2.75) is 77.0 Å². The first-order valence-corrected chi connectivity index (χ1v) is 21.7. The summed E-state index contributed by atoms with van der Waals surface area (Å²) in [4.78, 5) is 25.3. The molecule has 0 aliphatic heterocycles. The fourth-order valence-corrected chi connectivity index (χ4v) is 6.95. The van der Waals surface area contributed by atoms with E-state index < -0.39 is 0 Å². The summed E-state index contributed by atoms with van der Waals surface area (Å²) in [5, 5.41) is 8.67. The molecule has 0 saturated carbocycles. The molecule has 0 aliphatic carbocycles. The van der Waals surface area contributed by atoms with Gasteiger partial charge >= 0.3 is 12.1 Å². The second kappa shape index (κ2) is 24.9. The van der Waals surface area contributed by atoms with E-state index in [1.165, 1.54) is 38.5 Å². The zero-order valence-corrected chi connectivity index (χ0v) is 33.7. The van der Waals surface area contributed by atoms with Gasteiger partial charge in [-0.1, -0.05) is 136 Å². The second-order valence-corrected chi connectivity index (χ2v) is 15.7. The van der Waals surface area contributed by atoms with Crippen molar-refractivity contribution in [2.75, 3.05) is 39.7 Å². The number of hydrogen-bond donors (Lipinski definition) is 3. The lowest BCUT2D eigenvalue weighted by Gasteiger charge is -2.35. The minimum atomic E-state index is -0.373. The molecule has 0 bridgehead atoms. The normalized spacial score (nSPS) is 11.9. The van der Waals surface area contributed by atoms with Crippen LogP contribution in [0, 0.1) is 10.8 Å². The van der Waals surface area contributed by atoms with E-state index in [-0.39, 0.29) is 22.9 Å². The molecule has 4 amide bonds. The summed E-state index contributed by atoms with van der Waals surface area (Å²) in [5.41, 5.74) is 0.256. The van der Waals surface area contributed by atoms with E-state index in [1.807, 2.05) is 0 Å². The number of rotatable bonds is 22. The van der Waals surface area contributed by atoms with Gasteiger partial charge in [-0.15, -0.1) is 0 Å². The highest BCUT2D eigenvalue weighted by molar-refractivity contribution is 14.1. The van der Waals surface area contributed by atoms with Crippen LogP contribution in [0.3, 0.4) is 0 Å². The Morgan fingerprint density at radius 2 is 0.686 bits per heavy atom. The van der Waals surface area contributed by atoms with Crippen molar-refractivity contribution in [1.82, 2.24) is 16.0 Å². The van der Waals surface area contributed by atoms with E-state index in [0.29, 0.717) is 13.1 Å². The Hall–Kier alpha value is 3.12. The molecule has 0 radical (unpaired) electrons. The Morgan fingerprint density at radius 3 is 0.886 bits per heavy atom. The summed E-state index contributed by atoms with van der Waals surface area (Å²) >= 11 is 14.7. The van der Waals surface area contributed by atoms with Crippen molar-refractivity contribution in [1.29, 1.82) is 0 Å². The molecule has 0 aromatic heterocycles. The van der Waals surface area contributed by atoms with Gasteiger partial charge in [0.1, 0.15) is 0 Å². The molecular weight excluding hydrogens is 1120 g/mol. The highest BCUT2D eigenvalue weighted by atomic mass is 127. The molecule has 5 nitrogen and oxygen atoms in total. The summed E-state index contributed by atoms with van der Waals surface area (Å²) in [6, 6.07) is -0.745. The lowest BCUT2D eigenvalue weighted by molar-refractivity contribution is 0.189. The SMILES string of the molecule is O=C(NCC(CCCI)(CCCI)CCCI)NC(=O)NCC(CCCI)(CCCI)CCCI. The number of halogens is 6. The first-order valence-electron chi connectivity index (χ1n) is 12.5. The minimum Gasteiger partial charge on any atom is -0.337 e. The Morgan fingerprint density at radius 1 is 0.457 bits per heavy atom. The van der Waals surface area contributed by atoms with Crippen molar-refractivity contribution in [3.63, 3.8) is 0 Å². The van der Waals surface area contributed by atoms with Gasteiger partial charge in [0.25, 0.3) is 0 Å². The van der Waals surface area contributed by atoms with Gasteiger partial charge in [0.05, 0.1) is 0 Å². The van der Waals surface area contributed by atoms with Gasteiger partial charge in [0.2, 0.25) is 0 Å². The third kappa shape index (κ3) is 19.0. The number of imide groups is 1. The topological polar surface area (TPSA) is 70.2 Å². The highest BCUT2D eigenvalue weighted by Gasteiger charge is 2.31. The van der Waals surface area contributed by atoms with Crippen LogP contribution >= 0.6 is 136 Å². The van der Waals surface area contributed by atoms with Gasteiger partial charge in [-0.25, -0.2) is 9.59 Å². The zero-order chi connectivity index (χ0) is 26.4. The Labute approximate surface area is 296 Å². The largest absolute Gasteiger partial charge is 0.337 e. The number of alkyl halides is 6. The average molecular weight is 1170 g/mol. The quantitative estimate of drug-likeness (QED) is 0.0748. The van der Waals surface area contributed by atoms with E-state index >= 15 is 0 Å². The molecule has 0 fully saturated rings. The molecule has 0 heterocycles. The number of nitrogens with one attached hydrogen (secondary N) is 3. The van der Waals surface area contributed by atoms with Crippen molar-refractivity contribution < 1.29 is 9.59 Å². The van der Waals surface area contributed by atoms with Gasteiger partial charge < -0.3 is 10.6 Å². The standard InChI is InChI=1S/C24H43I6N3O2/c25-13-1-7-23(8-2-14-26,9-3-15-27)19-31-21(34)33-22(35)32-20-24(10-4-16-28,11-5-17-29)12-6-18-30/h1-20H2,(H3,31,32,33,34,35). The minimum absolute atomic E-state index is 0.128. The van der Waals surface area contributed by atoms with E-state index in [0.717, 1.165) is 65.1 Å². The second-order valence-electron chi connectivity index (χ2n) is 9.25. The number of amides is 4. The van der Waals surface area contributed by atoms with Crippen molar-refractivity contribution in [3.05, 3.63) is 0 Å². The fourth-order valence-electron chi connectivity index (χ4n) is 4.66. The van der Waals surface area contributed by atoms with Crippen LogP contribution in [0.1, 0.15) is 77.0 Å². The number of urea groups is 2. The van der Waals surface area contributed by atoms with E-state index in [9.17, 15) is 9.59 Å². The van der Waals surface area contributed by atoms with Crippen molar-refractivity contribution >= 4 is 148 Å². The molecular formula is C24H43I6N3O2. The van der Waals surface area contributed by atoms with E-state index in [1.54, 1.807) is 0 Å². The first-order chi connectivity index (χ1) is 16.9. The van der Waals surface area contributed by atoms with Gasteiger partial charge in [-0.05, 0) is 114 Å². The molecule has 0 aliphatic rings. The van der Waals surface area contributed by atoms with E-state index in [4.69, 9.17) is 0 Å². The maximum absolute atomic E-state index is 12.7. The van der Waals surface area contributed by atoms with E-state index in [2.05, 4.69) is 151 Å². The maximum Gasteiger partial charge on any atom is 0.322 e. The predicted molar refractivity (Wildman–Crippen MR) is 204 cm³/mol. The average Bonchev–Trinajstić information content (AvgIpc) is 2.87. The lowest BCUT2D eigenvalue weighted by Crippen LogP contribution is -2.50. The van der Waals surface area contributed by atoms with Gasteiger partial charge in [-0.2, -0.15) is 0 Å². The van der Waals surface area contributed by atoms with Crippen LogP contribution in [-0.4, -0.2) is 51.7 Å². The Kier molecular flexibility index (Phi) is 27.1. The van der Waals surface area contributed by atoms with Gasteiger partial charge in [0.15, 0.2) is 0 Å². The molecule has 0 rings (SSSR count). The predicted octanol–water partition coefficient (Wildman–Crippen LogP) is 9.26. The van der Waals surface area contributed by atoms with Crippen molar-refractivity contribution in [3.8, 4) is 0 Å². The third-order valence-corrected chi connectivity index (χ3v) is 11.1. The molecule has 0 aromatic rings. The fraction of sp³-hybridized carbons (Fsp3) is 0.917. The highest BCUT2D eigenvalue weighted by Crippen LogP contribution is 2.36. The van der Waals surface area contributed by atoms with Gasteiger partial charge in [-0.3, -0.25) is 5.32 Å². The number of hydrogen-bond acceptors (Lipinski definition) is 2. The molecule has 0 unspecified atom stereocenters. The number of carbonyl (C=O) groups excluding carboxylic acids is 2. The molecule has 35 heavy (non-hydrogen) atoms. The Bertz CT molecular complexity index is 468. The smallest absolute Gasteiger partial charge is 0.322 e. The summed E-state index contributed by atoms with van der Waals surface area (Å²) in [5.74, 6) is 0. The van der Waals surface area contributed by atoms with Crippen LogP contribution in [0.5, 0.6) is 0 Å². The lowest BCUT2D eigenvalue weighted by atomic mass is 9.75. The van der Waals surface area contributed by atoms with Crippen LogP contribution < -0.4 is 16.0 Å². The maximum atomic E-state index is 12.7. The number of carbonyl (C=O) groups is 2. The third-order valence-electron chi connectivity index (χ3n) is 6.52. The Balaban J connectivity index is 5.04. The molecule has 0 aromatic carbocycles. The van der Waals surface area contributed by atoms with Gasteiger partial charge in [0, 0.05) is 13.1 Å². The van der Waals surface area contributed by atoms with Crippen LogP contribution in [0.2, 0.25) is 0 Å². The zero-order valence-electron chi connectivity index (χ0n) is 20.7.